The first-order valence-electron chi connectivity index (χ1n) is 7.22. The first-order chi connectivity index (χ1) is 11.1. The zero-order valence-corrected chi connectivity index (χ0v) is 12.6. The lowest BCUT2D eigenvalue weighted by atomic mass is 10.0. The summed E-state index contributed by atoms with van der Waals surface area (Å²) in [6.07, 6.45) is 0. The highest BCUT2D eigenvalue weighted by atomic mass is 16.5. The zero-order valence-electron chi connectivity index (χ0n) is 12.6. The number of esters is 2. The first kappa shape index (κ1) is 15.0. The van der Waals surface area contributed by atoms with Crippen LogP contribution in [0.4, 0.5) is 0 Å². The molecule has 5 nitrogen and oxygen atoms in total. The van der Waals surface area contributed by atoms with Gasteiger partial charge in [0.05, 0.1) is 0 Å². The van der Waals surface area contributed by atoms with Gasteiger partial charge in [0.1, 0.15) is 18.4 Å². The molecule has 0 aromatic heterocycles. The van der Waals surface area contributed by atoms with Crippen LogP contribution in [0.3, 0.4) is 0 Å². The Balaban J connectivity index is 1.88. The van der Waals surface area contributed by atoms with Gasteiger partial charge in [0, 0.05) is 12.5 Å². The van der Waals surface area contributed by atoms with E-state index in [1.54, 1.807) is 24.3 Å². The van der Waals surface area contributed by atoms with E-state index in [2.05, 4.69) is 4.99 Å². The predicted molar refractivity (Wildman–Crippen MR) is 84.4 cm³/mol. The van der Waals surface area contributed by atoms with E-state index < -0.39 is 11.9 Å². The Bertz CT molecular complexity index is 750. The minimum Gasteiger partial charge on any atom is -0.458 e. The Morgan fingerprint density at radius 1 is 1.13 bits per heavy atom. The molecule has 0 saturated heterocycles. The summed E-state index contributed by atoms with van der Waals surface area (Å²) in [4.78, 5) is 27.5. The molecular formula is C18H15NO4. The van der Waals surface area contributed by atoms with Crippen LogP contribution in [0.5, 0.6) is 5.75 Å². The molecule has 0 bridgehead atoms. The van der Waals surface area contributed by atoms with Gasteiger partial charge in [-0.25, -0.2) is 4.79 Å². The molecule has 0 amide bonds. The van der Waals surface area contributed by atoms with E-state index >= 15 is 0 Å². The lowest BCUT2D eigenvalue weighted by molar-refractivity contribution is -0.137. The smallest absolute Gasteiger partial charge is 0.357 e. The molecule has 1 aliphatic rings. The summed E-state index contributed by atoms with van der Waals surface area (Å²) >= 11 is 0. The number of hydrogen-bond donors (Lipinski definition) is 0. The van der Waals surface area contributed by atoms with E-state index in [9.17, 15) is 9.59 Å². The van der Waals surface area contributed by atoms with Gasteiger partial charge in [-0.3, -0.25) is 9.79 Å². The SMILES string of the molecule is CC(=O)Oc1ccc(C2=N[C@@H](c3ccccc3)COC2=O)cc1. The number of carbonyl (C=O) groups excluding carboxylic acids is 2. The van der Waals surface area contributed by atoms with Crippen molar-refractivity contribution in [2.75, 3.05) is 6.61 Å². The van der Waals surface area contributed by atoms with Crippen molar-refractivity contribution < 1.29 is 19.1 Å². The minimum absolute atomic E-state index is 0.211. The third-order valence-electron chi connectivity index (χ3n) is 3.42. The van der Waals surface area contributed by atoms with Gasteiger partial charge in [-0.05, 0) is 29.8 Å². The van der Waals surface area contributed by atoms with Crippen LogP contribution < -0.4 is 4.74 Å². The predicted octanol–water partition coefficient (Wildman–Crippen LogP) is 2.70. The molecule has 3 rings (SSSR count). The fourth-order valence-corrected chi connectivity index (χ4v) is 2.35. The molecular weight excluding hydrogens is 294 g/mol. The summed E-state index contributed by atoms with van der Waals surface area (Å²) in [5.74, 6) is -0.417. The number of hydrogen-bond acceptors (Lipinski definition) is 5. The summed E-state index contributed by atoms with van der Waals surface area (Å²) in [6, 6.07) is 16.1. The first-order valence-corrected chi connectivity index (χ1v) is 7.22. The third-order valence-corrected chi connectivity index (χ3v) is 3.42. The van der Waals surface area contributed by atoms with Gasteiger partial charge in [-0.1, -0.05) is 30.3 Å². The van der Waals surface area contributed by atoms with Crippen LogP contribution in [0.2, 0.25) is 0 Å². The summed E-state index contributed by atoms with van der Waals surface area (Å²) in [6.45, 7) is 1.57. The fraction of sp³-hybridized carbons (Fsp3) is 0.167. The molecule has 23 heavy (non-hydrogen) atoms. The number of rotatable bonds is 3. The molecule has 116 valence electrons. The second kappa shape index (κ2) is 6.44. The molecule has 5 heteroatoms. The highest BCUT2D eigenvalue weighted by Crippen LogP contribution is 2.24. The Morgan fingerprint density at radius 2 is 1.83 bits per heavy atom. The second-order valence-electron chi connectivity index (χ2n) is 5.12. The molecule has 1 atom stereocenters. The van der Waals surface area contributed by atoms with Crippen molar-refractivity contribution in [3.05, 3.63) is 65.7 Å². The fourth-order valence-electron chi connectivity index (χ4n) is 2.35. The van der Waals surface area contributed by atoms with E-state index in [1.165, 1.54) is 6.92 Å². The lowest BCUT2D eigenvalue weighted by Gasteiger charge is -2.20. The highest BCUT2D eigenvalue weighted by Gasteiger charge is 2.25. The van der Waals surface area contributed by atoms with Gasteiger partial charge >= 0.3 is 11.9 Å². The van der Waals surface area contributed by atoms with Gasteiger partial charge < -0.3 is 9.47 Å². The van der Waals surface area contributed by atoms with E-state index in [1.807, 2.05) is 30.3 Å². The number of benzene rings is 2. The van der Waals surface area contributed by atoms with Crippen molar-refractivity contribution in [2.24, 2.45) is 4.99 Å². The van der Waals surface area contributed by atoms with Crippen LogP contribution in [-0.4, -0.2) is 24.3 Å². The quantitative estimate of drug-likeness (QED) is 0.646. The van der Waals surface area contributed by atoms with Crippen LogP contribution in [0.1, 0.15) is 24.1 Å². The standard InChI is InChI=1S/C18H15NO4/c1-12(20)23-15-9-7-14(8-10-15)17-18(21)22-11-16(19-17)13-5-3-2-4-6-13/h2-10,16H,11H2,1H3/t16-/m1/s1. The topological polar surface area (TPSA) is 65.0 Å². The monoisotopic (exact) mass is 309 g/mol. The molecule has 0 saturated carbocycles. The molecule has 0 unspecified atom stereocenters. The number of nitrogens with zero attached hydrogens (tertiary/aromatic N) is 1. The summed E-state index contributed by atoms with van der Waals surface area (Å²) in [5.41, 5.74) is 1.90. The number of ether oxygens (including phenoxy) is 2. The van der Waals surface area contributed by atoms with Crippen LogP contribution in [0, 0.1) is 0 Å². The maximum Gasteiger partial charge on any atom is 0.357 e. The maximum atomic E-state index is 12.0. The third kappa shape index (κ3) is 3.45. The van der Waals surface area contributed by atoms with Crippen molar-refractivity contribution in [3.63, 3.8) is 0 Å². The average molecular weight is 309 g/mol. The van der Waals surface area contributed by atoms with E-state index in [-0.39, 0.29) is 18.4 Å². The molecule has 0 radical (unpaired) electrons. The van der Waals surface area contributed by atoms with Crippen LogP contribution in [0.15, 0.2) is 59.6 Å². The number of aliphatic imine (C=N–C) groups is 1. The van der Waals surface area contributed by atoms with Crippen LogP contribution in [0.25, 0.3) is 0 Å². The van der Waals surface area contributed by atoms with Crippen LogP contribution >= 0.6 is 0 Å². The number of cyclic esters (lactones) is 1. The maximum absolute atomic E-state index is 12.0. The zero-order chi connectivity index (χ0) is 16.2. The lowest BCUT2D eigenvalue weighted by Crippen LogP contribution is -2.27. The van der Waals surface area contributed by atoms with Gasteiger partial charge in [0.15, 0.2) is 5.71 Å². The largest absolute Gasteiger partial charge is 0.458 e. The van der Waals surface area contributed by atoms with Gasteiger partial charge in [0.25, 0.3) is 0 Å². The van der Waals surface area contributed by atoms with E-state index in [4.69, 9.17) is 9.47 Å². The highest BCUT2D eigenvalue weighted by molar-refractivity contribution is 6.43. The molecule has 0 aliphatic carbocycles. The Kier molecular flexibility index (Phi) is 4.19. The molecule has 0 spiro atoms. The molecule has 2 aromatic rings. The second-order valence-corrected chi connectivity index (χ2v) is 5.12. The molecule has 0 fully saturated rings. The van der Waals surface area contributed by atoms with Crippen molar-refractivity contribution in [1.82, 2.24) is 0 Å². The summed E-state index contributed by atoms with van der Waals surface area (Å²) in [7, 11) is 0. The van der Waals surface area contributed by atoms with Crippen molar-refractivity contribution >= 4 is 17.7 Å². The van der Waals surface area contributed by atoms with Crippen molar-refractivity contribution in [2.45, 2.75) is 13.0 Å². The van der Waals surface area contributed by atoms with Gasteiger partial charge in [-0.15, -0.1) is 0 Å². The molecule has 1 heterocycles. The molecule has 0 N–H and O–H groups in total. The molecule has 2 aromatic carbocycles. The Labute approximate surface area is 133 Å². The van der Waals surface area contributed by atoms with Gasteiger partial charge in [-0.2, -0.15) is 0 Å². The summed E-state index contributed by atoms with van der Waals surface area (Å²) < 4.78 is 10.2. The minimum atomic E-state index is -0.447. The number of carbonyl (C=O) groups is 2. The van der Waals surface area contributed by atoms with Crippen LogP contribution in [-0.2, 0) is 14.3 Å². The van der Waals surface area contributed by atoms with Crippen molar-refractivity contribution in [1.29, 1.82) is 0 Å². The van der Waals surface area contributed by atoms with Gasteiger partial charge in [0.2, 0.25) is 0 Å². The van der Waals surface area contributed by atoms with Crippen molar-refractivity contribution in [3.8, 4) is 5.75 Å². The Morgan fingerprint density at radius 3 is 2.48 bits per heavy atom. The molecule has 1 aliphatic heterocycles. The summed E-state index contributed by atoms with van der Waals surface area (Å²) in [5, 5.41) is 0. The van der Waals surface area contributed by atoms with E-state index in [0.29, 0.717) is 11.3 Å². The normalized spacial score (nSPS) is 17.2. The average Bonchev–Trinajstić information content (AvgIpc) is 2.56. The van der Waals surface area contributed by atoms with E-state index in [0.717, 1.165) is 5.56 Å². The Hall–Kier alpha value is -2.95.